The van der Waals surface area contributed by atoms with Crippen LogP contribution in [-0.2, 0) is 19.5 Å². The van der Waals surface area contributed by atoms with Crippen molar-refractivity contribution in [1.82, 2.24) is 34.7 Å². The van der Waals surface area contributed by atoms with Gasteiger partial charge in [0, 0.05) is 57.1 Å². The van der Waals surface area contributed by atoms with Crippen molar-refractivity contribution in [2.75, 3.05) is 68.4 Å². The van der Waals surface area contributed by atoms with Gasteiger partial charge in [-0.05, 0) is 18.5 Å². The molecule has 0 saturated carbocycles. The molecule has 0 radical (unpaired) electrons. The fourth-order valence-corrected chi connectivity index (χ4v) is 4.67. The first kappa shape index (κ1) is 21.1. The molecule has 0 spiro atoms. The molecular weight excluding hydrogens is 424 g/mol. The van der Waals surface area contributed by atoms with Crippen molar-refractivity contribution >= 4 is 29.2 Å². The van der Waals surface area contributed by atoms with Crippen LogP contribution in [0.1, 0.15) is 16.3 Å². The van der Waals surface area contributed by atoms with Crippen LogP contribution < -0.4 is 15.5 Å². The number of nitrogens with zero attached hydrogens (tertiary/aromatic N) is 7. The second kappa shape index (κ2) is 9.80. The lowest BCUT2D eigenvalue weighted by molar-refractivity contribution is 0.158. The molecule has 5 rings (SSSR count). The first-order valence-electron chi connectivity index (χ1n) is 11.2. The van der Waals surface area contributed by atoms with E-state index in [1.54, 1.807) is 17.7 Å². The smallest absolute Gasteiger partial charge is 0.232 e. The quantitative estimate of drug-likeness (QED) is 0.467. The Bertz CT molecular complexity index is 996. The molecule has 0 aromatic carbocycles. The summed E-state index contributed by atoms with van der Waals surface area (Å²) in [5, 5.41) is 8.88. The van der Waals surface area contributed by atoms with Crippen molar-refractivity contribution < 1.29 is 0 Å². The predicted octanol–water partition coefficient (Wildman–Crippen LogP) is 1.49. The molecule has 1 saturated heterocycles. The number of likely N-dealkylation sites (N-methyl/N-ethyl adjacent to an activating group) is 1. The molecule has 3 aromatic rings. The molecule has 0 bridgehead atoms. The van der Waals surface area contributed by atoms with Crippen LogP contribution in [0.4, 0.5) is 17.8 Å². The van der Waals surface area contributed by atoms with E-state index in [0.29, 0.717) is 24.4 Å². The van der Waals surface area contributed by atoms with E-state index in [0.717, 1.165) is 70.2 Å². The highest BCUT2D eigenvalue weighted by Gasteiger charge is 2.22. The van der Waals surface area contributed by atoms with E-state index in [4.69, 9.17) is 9.97 Å². The SMILES string of the molecule is CN1CCN(CCNc2nc(NCc3cccs3)nc(N3CCc4nc[nH]c4C3)n2)CC1. The Labute approximate surface area is 192 Å². The normalized spacial score (nSPS) is 17.3. The van der Waals surface area contributed by atoms with Crippen LogP contribution in [0.15, 0.2) is 23.8 Å². The van der Waals surface area contributed by atoms with Gasteiger partial charge in [0.25, 0.3) is 0 Å². The average Bonchev–Trinajstić information content (AvgIpc) is 3.50. The van der Waals surface area contributed by atoms with Crippen molar-refractivity contribution in [2.45, 2.75) is 19.5 Å². The minimum absolute atomic E-state index is 0.598. The zero-order chi connectivity index (χ0) is 21.8. The highest BCUT2D eigenvalue weighted by atomic mass is 32.1. The maximum absolute atomic E-state index is 4.75. The Hall–Kier alpha value is -2.76. The Balaban J connectivity index is 1.27. The van der Waals surface area contributed by atoms with Crippen LogP contribution in [0.5, 0.6) is 0 Å². The Morgan fingerprint density at radius 1 is 1.06 bits per heavy atom. The summed E-state index contributed by atoms with van der Waals surface area (Å²) < 4.78 is 0. The second-order valence-electron chi connectivity index (χ2n) is 8.29. The number of aromatic amines is 1. The van der Waals surface area contributed by atoms with Gasteiger partial charge >= 0.3 is 0 Å². The molecule has 32 heavy (non-hydrogen) atoms. The van der Waals surface area contributed by atoms with Crippen molar-refractivity contribution in [3.8, 4) is 0 Å². The van der Waals surface area contributed by atoms with Gasteiger partial charge < -0.3 is 25.4 Å². The number of thiophene rings is 1. The largest absolute Gasteiger partial charge is 0.353 e. The Morgan fingerprint density at radius 3 is 2.72 bits per heavy atom. The highest BCUT2D eigenvalue weighted by Crippen LogP contribution is 2.22. The summed E-state index contributed by atoms with van der Waals surface area (Å²) in [4.78, 5) is 30.0. The molecule has 0 amide bonds. The number of hydrogen-bond donors (Lipinski definition) is 3. The van der Waals surface area contributed by atoms with Crippen LogP contribution in [0.2, 0.25) is 0 Å². The molecule has 5 heterocycles. The standard InChI is InChI=1S/C21H30N10S/c1-29-8-10-30(11-9-29)7-5-22-19-26-20(23-13-16-3-2-12-32-16)28-21(27-19)31-6-4-17-18(14-31)25-15-24-17/h2-3,12,15H,4-11,13-14H2,1H3,(H,24,25)(H2,22,23,26,27,28). The molecule has 170 valence electrons. The van der Waals surface area contributed by atoms with Crippen LogP contribution in [0.25, 0.3) is 0 Å². The maximum atomic E-state index is 4.75. The van der Waals surface area contributed by atoms with Crippen LogP contribution in [0.3, 0.4) is 0 Å². The number of imidazole rings is 1. The minimum Gasteiger partial charge on any atom is -0.353 e. The number of H-pyrrole nitrogens is 1. The van der Waals surface area contributed by atoms with E-state index in [9.17, 15) is 0 Å². The van der Waals surface area contributed by atoms with Crippen LogP contribution in [-0.4, -0.2) is 87.6 Å². The van der Waals surface area contributed by atoms with Gasteiger partial charge in [0.05, 0.1) is 30.8 Å². The second-order valence-corrected chi connectivity index (χ2v) is 9.32. The number of fused-ring (bicyclic) bond motifs is 1. The highest BCUT2D eigenvalue weighted by molar-refractivity contribution is 7.09. The summed E-state index contributed by atoms with van der Waals surface area (Å²) in [7, 11) is 2.18. The van der Waals surface area contributed by atoms with Gasteiger partial charge in [-0.1, -0.05) is 6.07 Å². The number of aromatic nitrogens is 5. The lowest BCUT2D eigenvalue weighted by atomic mass is 10.1. The lowest BCUT2D eigenvalue weighted by Gasteiger charge is -2.32. The zero-order valence-electron chi connectivity index (χ0n) is 18.4. The van der Waals surface area contributed by atoms with E-state index in [-0.39, 0.29) is 0 Å². The van der Waals surface area contributed by atoms with Crippen LogP contribution >= 0.6 is 11.3 Å². The molecule has 2 aliphatic rings. The van der Waals surface area contributed by atoms with Crippen molar-refractivity contribution in [3.63, 3.8) is 0 Å². The topological polar surface area (TPSA) is 101 Å². The summed E-state index contributed by atoms with van der Waals surface area (Å²) in [6.45, 7) is 8.51. The third-order valence-corrected chi connectivity index (χ3v) is 6.87. The fourth-order valence-electron chi connectivity index (χ4n) is 4.02. The molecule has 11 heteroatoms. The fraction of sp³-hybridized carbons (Fsp3) is 0.524. The molecule has 3 N–H and O–H groups in total. The van der Waals surface area contributed by atoms with Gasteiger partial charge in [-0.2, -0.15) is 15.0 Å². The van der Waals surface area contributed by atoms with Gasteiger partial charge in [-0.25, -0.2) is 4.98 Å². The van der Waals surface area contributed by atoms with Gasteiger partial charge in [-0.15, -0.1) is 11.3 Å². The van der Waals surface area contributed by atoms with Crippen molar-refractivity contribution in [1.29, 1.82) is 0 Å². The number of hydrogen-bond acceptors (Lipinski definition) is 10. The average molecular weight is 455 g/mol. The number of anilines is 3. The van der Waals surface area contributed by atoms with Gasteiger partial charge in [0.15, 0.2) is 0 Å². The van der Waals surface area contributed by atoms with Gasteiger partial charge in [0.1, 0.15) is 0 Å². The molecule has 2 aliphatic heterocycles. The number of nitrogens with one attached hydrogen (secondary N) is 3. The Morgan fingerprint density at radius 2 is 1.91 bits per heavy atom. The first-order chi connectivity index (χ1) is 15.7. The maximum Gasteiger partial charge on any atom is 0.232 e. The van der Waals surface area contributed by atoms with Crippen molar-refractivity contribution in [3.05, 3.63) is 40.1 Å². The van der Waals surface area contributed by atoms with E-state index < -0.39 is 0 Å². The monoisotopic (exact) mass is 454 g/mol. The summed E-state index contributed by atoms with van der Waals surface area (Å²) in [5.74, 6) is 1.91. The molecule has 0 atom stereocenters. The van der Waals surface area contributed by atoms with E-state index in [1.807, 2.05) is 0 Å². The molecule has 10 nitrogen and oxygen atoms in total. The molecule has 0 aliphatic carbocycles. The Kier molecular flexibility index (Phi) is 6.46. The lowest BCUT2D eigenvalue weighted by Crippen LogP contribution is -2.45. The zero-order valence-corrected chi connectivity index (χ0v) is 19.2. The van der Waals surface area contributed by atoms with Gasteiger partial charge in [-0.3, -0.25) is 4.90 Å². The molecular formula is C21H30N10S. The summed E-state index contributed by atoms with van der Waals surface area (Å²) >= 11 is 1.72. The van der Waals surface area contributed by atoms with E-state index in [2.05, 4.69) is 64.8 Å². The minimum atomic E-state index is 0.598. The molecule has 0 unspecified atom stereocenters. The van der Waals surface area contributed by atoms with Crippen LogP contribution in [0, 0.1) is 0 Å². The van der Waals surface area contributed by atoms with Crippen molar-refractivity contribution in [2.24, 2.45) is 0 Å². The third-order valence-electron chi connectivity index (χ3n) is 5.99. The van der Waals surface area contributed by atoms with Gasteiger partial charge in [0.2, 0.25) is 17.8 Å². The summed E-state index contributed by atoms with van der Waals surface area (Å²) in [6.07, 6.45) is 2.65. The van der Waals surface area contributed by atoms with E-state index in [1.165, 1.54) is 4.88 Å². The first-order valence-corrected chi connectivity index (χ1v) is 12.0. The third kappa shape index (κ3) is 5.17. The number of rotatable bonds is 8. The number of piperazine rings is 1. The molecule has 3 aromatic heterocycles. The summed E-state index contributed by atoms with van der Waals surface area (Å²) in [5.41, 5.74) is 2.27. The predicted molar refractivity (Wildman–Crippen MR) is 127 cm³/mol. The summed E-state index contributed by atoms with van der Waals surface area (Å²) in [6, 6.07) is 4.17. The molecule has 1 fully saturated rings. The van der Waals surface area contributed by atoms with E-state index >= 15 is 0 Å².